The minimum Gasteiger partial charge on any atom is -0.362 e. The van der Waals surface area contributed by atoms with Crippen LogP contribution in [0.5, 0.6) is 0 Å². The van der Waals surface area contributed by atoms with E-state index in [1.54, 1.807) is 12.1 Å². The van der Waals surface area contributed by atoms with E-state index in [1.165, 1.54) is 12.1 Å². The van der Waals surface area contributed by atoms with Crippen molar-refractivity contribution in [1.29, 1.82) is 0 Å². The van der Waals surface area contributed by atoms with Gasteiger partial charge in [0.2, 0.25) is 0 Å². The van der Waals surface area contributed by atoms with Crippen molar-refractivity contribution < 1.29 is 4.39 Å². The summed E-state index contributed by atoms with van der Waals surface area (Å²) >= 11 is 0. The van der Waals surface area contributed by atoms with E-state index in [0.717, 1.165) is 30.9 Å². The molecule has 1 aromatic heterocycles. The van der Waals surface area contributed by atoms with Gasteiger partial charge >= 0.3 is 0 Å². The molecule has 4 nitrogen and oxygen atoms in total. The van der Waals surface area contributed by atoms with Crippen LogP contribution in [0.1, 0.15) is 32.0 Å². The summed E-state index contributed by atoms with van der Waals surface area (Å²) in [4.78, 5) is 6.44. The Morgan fingerprint density at radius 1 is 1.29 bits per heavy atom. The van der Waals surface area contributed by atoms with Crippen LogP contribution in [0.2, 0.25) is 0 Å². The Kier molecular flexibility index (Phi) is 5.33. The Morgan fingerprint density at radius 2 is 2.00 bits per heavy atom. The topological polar surface area (TPSA) is 47.1 Å². The van der Waals surface area contributed by atoms with E-state index in [-0.39, 0.29) is 11.9 Å². The molecule has 0 spiro atoms. The summed E-state index contributed by atoms with van der Waals surface area (Å²) in [6.07, 6.45) is 4.77. The van der Waals surface area contributed by atoms with Gasteiger partial charge in [-0.2, -0.15) is 0 Å². The van der Waals surface area contributed by atoms with Crippen LogP contribution in [0.25, 0.3) is 0 Å². The molecule has 0 saturated carbocycles. The first-order valence-corrected chi connectivity index (χ1v) is 7.43. The number of nitrogens with two attached hydrogens (primary N) is 1. The molecule has 0 bridgehead atoms. The molecular weight excluding hydrogens is 267 g/mol. The third kappa shape index (κ3) is 3.42. The molecule has 2 N–H and O–H groups in total. The van der Waals surface area contributed by atoms with E-state index in [1.807, 2.05) is 12.5 Å². The molecule has 0 radical (unpaired) electrons. The highest BCUT2D eigenvalue weighted by Gasteiger charge is 2.21. The summed E-state index contributed by atoms with van der Waals surface area (Å²) in [5.41, 5.74) is 8.09. The lowest BCUT2D eigenvalue weighted by atomic mass is 10.1. The van der Waals surface area contributed by atoms with E-state index in [9.17, 15) is 4.39 Å². The maximum atomic E-state index is 13.1. The zero-order chi connectivity index (χ0) is 15.2. The van der Waals surface area contributed by atoms with Gasteiger partial charge in [-0.15, -0.1) is 0 Å². The Bertz CT molecular complexity index is 550. The first-order valence-electron chi connectivity index (χ1n) is 7.43. The summed E-state index contributed by atoms with van der Waals surface area (Å²) in [6, 6.07) is 6.59. The van der Waals surface area contributed by atoms with Crippen molar-refractivity contribution in [2.45, 2.75) is 32.9 Å². The average Bonchev–Trinajstić information content (AvgIpc) is 2.94. The van der Waals surface area contributed by atoms with Crippen LogP contribution in [0.15, 0.2) is 36.8 Å². The number of aromatic nitrogens is 2. The quantitative estimate of drug-likeness (QED) is 0.853. The van der Waals surface area contributed by atoms with Gasteiger partial charge in [0.05, 0.1) is 24.3 Å². The van der Waals surface area contributed by atoms with Crippen molar-refractivity contribution in [3.63, 3.8) is 0 Å². The fraction of sp³-hybridized carbons (Fsp3) is 0.438. The minimum absolute atomic E-state index is 0.0366. The highest BCUT2D eigenvalue weighted by atomic mass is 19.1. The molecule has 1 atom stereocenters. The molecule has 0 aliphatic rings. The number of hydrogen-bond donors (Lipinski definition) is 1. The second-order valence-corrected chi connectivity index (χ2v) is 5.03. The summed E-state index contributed by atoms with van der Waals surface area (Å²) in [6.45, 7) is 6.42. The summed E-state index contributed by atoms with van der Waals surface area (Å²) < 4.78 is 15.3. The zero-order valence-corrected chi connectivity index (χ0v) is 12.7. The second-order valence-electron chi connectivity index (χ2n) is 5.03. The Hall–Kier alpha value is -1.88. The zero-order valence-electron chi connectivity index (χ0n) is 12.7. The van der Waals surface area contributed by atoms with Gasteiger partial charge < -0.3 is 15.2 Å². The summed E-state index contributed by atoms with van der Waals surface area (Å²) in [5.74, 6) is -0.227. The first-order chi connectivity index (χ1) is 10.2. The van der Waals surface area contributed by atoms with Crippen LogP contribution in [-0.4, -0.2) is 22.6 Å². The minimum atomic E-state index is -0.227. The Balaban J connectivity index is 2.33. The third-order valence-electron chi connectivity index (χ3n) is 3.65. The number of likely N-dealkylation sites (N-methyl/N-ethyl adjacent to an activating group) is 1. The van der Waals surface area contributed by atoms with Crippen LogP contribution < -0.4 is 10.6 Å². The molecule has 1 heterocycles. The van der Waals surface area contributed by atoms with E-state index in [2.05, 4.69) is 28.3 Å². The molecular formula is C16H23FN4. The van der Waals surface area contributed by atoms with Crippen LogP contribution in [0, 0.1) is 5.82 Å². The number of rotatable bonds is 7. The van der Waals surface area contributed by atoms with Crippen LogP contribution in [0.4, 0.5) is 10.1 Å². The number of benzene rings is 1. The van der Waals surface area contributed by atoms with Crippen LogP contribution in [0.3, 0.4) is 0 Å². The molecule has 2 rings (SSSR count). The predicted molar refractivity (Wildman–Crippen MR) is 83.7 cm³/mol. The predicted octanol–water partition coefficient (Wildman–Crippen LogP) is 2.96. The van der Waals surface area contributed by atoms with Gasteiger partial charge in [-0.1, -0.05) is 6.92 Å². The Labute approximate surface area is 125 Å². The van der Waals surface area contributed by atoms with E-state index >= 15 is 0 Å². The standard InChI is InChI=1S/C16H23FN4/c1-3-9-20-12-19-11-16(20)15(10-18)21(4-2)14-7-5-13(17)6-8-14/h5-8,11-12,15H,3-4,9-10,18H2,1-2H3. The first kappa shape index (κ1) is 15.5. The van der Waals surface area contributed by atoms with Crippen molar-refractivity contribution in [2.75, 3.05) is 18.0 Å². The lowest BCUT2D eigenvalue weighted by molar-refractivity contribution is 0.562. The number of aryl methyl sites for hydroxylation is 1. The average molecular weight is 290 g/mol. The number of nitrogens with zero attached hydrogens (tertiary/aromatic N) is 3. The largest absolute Gasteiger partial charge is 0.362 e. The molecule has 114 valence electrons. The monoisotopic (exact) mass is 290 g/mol. The smallest absolute Gasteiger partial charge is 0.123 e. The molecule has 0 aliphatic heterocycles. The number of anilines is 1. The van der Waals surface area contributed by atoms with Crippen molar-refractivity contribution in [3.8, 4) is 0 Å². The van der Waals surface area contributed by atoms with Gasteiger partial charge in [0.1, 0.15) is 5.82 Å². The lowest BCUT2D eigenvalue weighted by Crippen LogP contribution is -2.35. The van der Waals surface area contributed by atoms with E-state index < -0.39 is 0 Å². The molecule has 1 unspecified atom stereocenters. The summed E-state index contributed by atoms with van der Waals surface area (Å²) in [5, 5.41) is 0. The van der Waals surface area contributed by atoms with Gasteiger partial charge in [-0.25, -0.2) is 9.37 Å². The number of hydrogen-bond acceptors (Lipinski definition) is 3. The molecule has 0 saturated heterocycles. The third-order valence-corrected chi connectivity index (χ3v) is 3.65. The molecule has 21 heavy (non-hydrogen) atoms. The molecule has 2 aromatic rings. The van der Waals surface area contributed by atoms with Gasteiger partial charge in [0.15, 0.2) is 0 Å². The highest BCUT2D eigenvalue weighted by Crippen LogP contribution is 2.26. The molecule has 5 heteroatoms. The van der Waals surface area contributed by atoms with E-state index in [4.69, 9.17) is 5.73 Å². The van der Waals surface area contributed by atoms with Crippen molar-refractivity contribution in [3.05, 3.63) is 48.3 Å². The van der Waals surface area contributed by atoms with Crippen LogP contribution >= 0.6 is 0 Å². The Morgan fingerprint density at radius 3 is 2.57 bits per heavy atom. The summed E-state index contributed by atoms with van der Waals surface area (Å²) in [7, 11) is 0. The maximum absolute atomic E-state index is 13.1. The van der Waals surface area contributed by atoms with Crippen molar-refractivity contribution in [1.82, 2.24) is 9.55 Å². The highest BCUT2D eigenvalue weighted by molar-refractivity contribution is 5.48. The fourth-order valence-corrected chi connectivity index (χ4v) is 2.66. The molecule has 1 aromatic carbocycles. The maximum Gasteiger partial charge on any atom is 0.123 e. The van der Waals surface area contributed by atoms with Gasteiger partial charge in [-0.3, -0.25) is 0 Å². The normalized spacial score (nSPS) is 12.4. The van der Waals surface area contributed by atoms with Crippen molar-refractivity contribution in [2.24, 2.45) is 5.73 Å². The fourth-order valence-electron chi connectivity index (χ4n) is 2.66. The lowest BCUT2D eigenvalue weighted by Gasteiger charge is -2.32. The van der Waals surface area contributed by atoms with Gasteiger partial charge in [0, 0.05) is 25.3 Å². The van der Waals surface area contributed by atoms with Gasteiger partial charge in [-0.05, 0) is 37.6 Å². The van der Waals surface area contributed by atoms with Crippen molar-refractivity contribution >= 4 is 5.69 Å². The van der Waals surface area contributed by atoms with Gasteiger partial charge in [0.25, 0.3) is 0 Å². The number of imidazole rings is 1. The molecule has 0 aliphatic carbocycles. The number of halogens is 1. The molecule has 0 amide bonds. The SMILES string of the molecule is CCCn1cncc1C(CN)N(CC)c1ccc(F)cc1. The van der Waals surface area contributed by atoms with E-state index in [0.29, 0.717) is 6.54 Å². The second kappa shape index (κ2) is 7.22. The van der Waals surface area contributed by atoms with Crippen LogP contribution in [-0.2, 0) is 6.54 Å². The molecule has 0 fully saturated rings.